The Balaban J connectivity index is 2.64. The van der Waals surface area contributed by atoms with Crippen molar-refractivity contribution in [2.45, 2.75) is 20.3 Å². The van der Waals surface area contributed by atoms with Gasteiger partial charge >= 0.3 is 0 Å². The van der Waals surface area contributed by atoms with Crippen molar-refractivity contribution in [1.29, 1.82) is 0 Å². The second-order valence-electron chi connectivity index (χ2n) is 4.48. The highest BCUT2D eigenvalue weighted by atomic mass is 32.1. The van der Waals surface area contributed by atoms with Crippen molar-refractivity contribution in [1.82, 2.24) is 5.32 Å². The van der Waals surface area contributed by atoms with Crippen molar-refractivity contribution >= 4 is 28.9 Å². The van der Waals surface area contributed by atoms with Crippen molar-refractivity contribution in [3.8, 4) is 11.5 Å². The molecule has 0 aliphatic heterocycles. The van der Waals surface area contributed by atoms with Crippen LogP contribution < -0.4 is 15.4 Å². The third-order valence-electron chi connectivity index (χ3n) is 2.30. The monoisotopic (exact) mass is 282 g/mol. The highest BCUT2D eigenvalue weighted by Gasteiger charge is 2.09. The zero-order valence-corrected chi connectivity index (χ0v) is 12.0. The lowest BCUT2D eigenvalue weighted by Gasteiger charge is -2.12. The average Bonchev–Trinajstić information content (AvgIpc) is 2.30. The van der Waals surface area contributed by atoms with E-state index in [0.29, 0.717) is 17.9 Å². The number of carbonyl (C=O) groups is 1. The van der Waals surface area contributed by atoms with Crippen LogP contribution in [-0.4, -0.2) is 23.2 Å². The van der Waals surface area contributed by atoms with Gasteiger partial charge in [-0.2, -0.15) is 0 Å². The van der Waals surface area contributed by atoms with Gasteiger partial charge in [-0.05, 0) is 30.3 Å². The molecule has 0 spiro atoms. The molecule has 0 fully saturated rings. The number of hydrogen-bond donors (Lipinski definition) is 3. The molecule has 1 rings (SSSR count). The molecule has 0 aliphatic carbocycles. The molecule has 1 aromatic rings. The number of amides is 1. The Labute approximate surface area is 118 Å². The highest BCUT2D eigenvalue weighted by molar-refractivity contribution is 7.80. The van der Waals surface area contributed by atoms with Crippen LogP contribution in [0.5, 0.6) is 11.5 Å². The number of phenolic OH excluding ortho intramolecular Hbond substituents is 1. The van der Waals surface area contributed by atoms with Crippen LogP contribution in [0, 0.1) is 5.92 Å². The van der Waals surface area contributed by atoms with E-state index in [4.69, 9.17) is 17.0 Å². The Morgan fingerprint density at radius 3 is 2.74 bits per heavy atom. The minimum Gasteiger partial charge on any atom is -0.506 e. The molecule has 0 aliphatic rings. The summed E-state index contributed by atoms with van der Waals surface area (Å²) < 4.78 is 5.04. The van der Waals surface area contributed by atoms with Gasteiger partial charge in [0.15, 0.2) is 5.11 Å². The topological polar surface area (TPSA) is 70.6 Å². The summed E-state index contributed by atoms with van der Waals surface area (Å²) in [6.45, 7) is 3.90. The maximum absolute atomic E-state index is 11.5. The van der Waals surface area contributed by atoms with E-state index in [-0.39, 0.29) is 22.7 Å². The SMILES string of the molecule is COc1ccc(O)c(NC(=S)NC(=O)CC(C)C)c1. The third-order valence-corrected chi connectivity index (χ3v) is 2.50. The van der Waals surface area contributed by atoms with Crippen LogP contribution in [-0.2, 0) is 4.79 Å². The van der Waals surface area contributed by atoms with E-state index in [1.54, 1.807) is 12.1 Å². The van der Waals surface area contributed by atoms with Gasteiger partial charge in [-0.15, -0.1) is 0 Å². The van der Waals surface area contributed by atoms with Gasteiger partial charge in [-0.1, -0.05) is 13.8 Å². The second-order valence-corrected chi connectivity index (χ2v) is 4.89. The Bertz CT molecular complexity index is 475. The van der Waals surface area contributed by atoms with Gasteiger partial charge in [0.2, 0.25) is 5.91 Å². The van der Waals surface area contributed by atoms with E-state index < -0.39 is 0 Å². The van der Waals surface area contributed by atoms with Gasteiger partial charge in [0, 0.05) is 12.5 Å². The Morgan fingerprint density at radius 2 is 2.16 bits per heavy atom. The molecule has 0 atom stereocenters. The second kappa shape index (κ2) is 6.94. The fourth-order valence-corrected chi connectivity index (χ4v) is 1.67. The molecular weight excluding hydrogens is 264 g/mol. The van der Waals surface area contributed by atoms with Gasteiger partial charge in [-0.3, -0.25) is 4.79 Å². The number of benzene rings is 1. The summed E-state index contributed by atoms with van der Waals surface area (Å²) >= 11 is 5.01. The van der Waals surface area contributed by atoms with Crippen molar-refractivity contribution in [3.63, 3.8) is 0 Å². The summed E-state index contributed by atoms with van der Waals surface area (Å²) in [5.74, 6) is 0.709. The van der Waals surface area contributed by atoms with Crippen LogP contribution in [0.1, 0.15) is 20.3 Å². The van der Waals surface area contributed by atoms with Crippen LogP contribution in [0.15, 0.2) is 18.2 Å². The summed E-state index contributed by atoms with van der Waals surface area (Å²) in [5, 5.41) is 15.1. The Hall–Kier alpha value is -1.82. The molecule has 6 heteroatoms. The van der Waals surface area contributed by atoms with Crippen molar-refractivity contribution in [3.05, 3.63) is 18.2 Å². The normalized spacial score (nSPS) is 10.1. The molecule has 3 N–H and O–H groups in total. The lowest BCUT2D eigenvalue weighted by Crippen LogP contribution is -2.34. The number of nitrogens with one attached hydrogen (secondary N) is 2. The number of phenols is 1. The molecule has 1 aromatic carbocycles. The lowest BCUT2D eigenvalue weighted by atomic mass is 10.1. The number of carbonyl (C=O) groups excluding carboxylic acids is 1. The van der Waals surface area contributed by atoms with Gasteiger partial charge in [0.1, 0.15) is 11.5 Å². The summed E-state index contributed by atoms with van der Waals surface area (Å²) in [4.78, 5) is 11.5. The van der Waals surface area contributed by atoms with Crippen LogP contribution in [0.2, 0.25) is 0 Å². The summed E-state index contributed by atoms with van der Waals surface area (Å²) in [6, 6.07) is 4.71. The van der Waals surface area contributed by atoms with Gasteiger partial charge in [-0.25, -0.2) is 0 Å². The number of methoxy groups -OCH3 is 1. The first-order chi connectivity index (χ1) is 8.92. The summed E-state index contributed by atoms with van der Waals surface area (Å²) in [6.07, 6.45) is 0.395. The lowest BCUT2D eigenvalue weighted by molar-refractivity contribution is -0.120. The van der Waals surface area contributed by atoms with Gasteiger partial charge in [0.05, 0.1) is 12.8 Å². The molecular formula is C13H18N2O3S. The first-order valence-corrected chi connectivity index (χ1v) is 6.31. The number of anilines is 1. The first kappa shape index (κ1) is 15.2. The van der Waals surface area contributed by atoms with Crippen LogP contribution >= 0.6 is 12.2 Å². The number of ether oxygens (including phenoxy) is 1. The Kier molecular flexibility index (Phi) is 5.57. The van der Waals surface area contributed by atoms with Crippen LogP contribution in [0.25, 0.3) is 0 Å². The fourth-order valence-electron chi connectivity index (χ4n) is 1.44. The zero-order chi connectivity index (χ0) is 14.4. The maximum atomic E-state index is 11.5. The van der Waals surface area contributed by atoms with Crippen molar-refractivity contribution in [2.24, 2.45) is 5.92 Å². The number of thiocarbonyl (C=S) groups is 1. The molecule has 0 saturated heterocycles. The zero-order valence-electron chi connectivity index (χ0n) is 11.2. The Morgan fingerprint density at radius 1 is 1.47 bits per heavy atom. The highest BCUT2D eigenvalue weighted by Crippen LogP contribution is 2.27. The van der Waals surface area contributed by atoms with Gasteiger partial charge < -0.3 is 20.5 Å². The molecule has 0 heterocycles. The molecule has 0 saturated carbocycles. The van der Waals surface area contributed by atoms with Gasteiger partial charge in [0.25, 0.3) is 0 Å². The van der Waals surface area contributed by atoms with E-state index >= 15 is 0 Å². The number of aromatic hydroxyl groups is 1. The molecule has 19 heavy (non-hydrogen) atoms. The first-order valence-electron chi connectivity index (χ1n) is 5.90. The molecule has 5 nitrogen and oxygen atoms in total. The molecule has 104 valence electrons. The minimum atomic E-state index is -0.158. The summed E-state index contributed by atoms with van der Waals surface area (Å²) in [7, 11) is 1.53. The van der Waals surface area contributed by atoms with E-state index in [2.05, 4.69) is 10.6 Å². The number of rotatable bonds is 4. The van der Waals surface area contributed by atoms with E-state index in [9.17, 15) is 9.90 Å². The van der Waals surface area contributed by atoms with E-state index in [0.717, 1.165) is 0 Å². The largest absolute Gasteiger partial charge is 0.506 e. The minimum absolute atomic E-state index is 0.0289. The number of hydrogen-bond acceptors (Lipinski definition) is 4. The predicted octanol–water partition coefficient (Wildman–Crippen LogP) is 2.26. The average molecular weight is 282 g/mol. The molecule has 0 bridgehead atoms. The molecule has 1 amide bonds. The fraction of sp³-hybridized carbons (Fsp3) is 0.385. The maximum Gasteiger partial charge on any atom is 0.226 e. The van der Waals surface area contributed by atoms with Crippen molar-refractivity contribution < 1.29 is 14.6 Å². The molecule has 0 unspecified atom stereocenters. The molecule has 0 aromatic heterocycles. The predicted molar refractivity (Wildman–Crippen MR) is 78.5 cm³/mol. The summed E-state index contributed by atoms with van der Waals surface area (Å²) in [5.41, 5.74) is 0.384. The van der Waals surface area contributed by atoms with Crippen molar-refractivity contribution in [2.75, 3.05) is 12.4 Å². The quantitative estimate of drug-likeness (QED) is 0.584. The van der Waals surface area contributed by atoms with Crippen LogP contribution in [0.4, 0.5) is 5.69 Å². The molecule has 0 radical (unpaired) electrons. The standard InChI is InChI=1S/C13H18N2O3S/c1-8(2)6-12(17)15-13(19)14-10-7-9(18-3)4-5-11(10)16/h4-5,7-8,16H,6H2,1-3H3,(H2,14,15,17,19). The van der Waals surface area contributed by atoms with E-state index in [1.165, 1.54) is 13.2 Å². The van der Waals surface area contributed by atoms with E-state index in [1.807, 2.05) is 13.8 Å². The smallest absolute Gasteiger partial charge is 0.226 e. The third kappa shape index (κ3) is 5.13. The van der Waals surface area contributed by atoms with Crippen LogP contribution in [0.3, 0.4) is 0 Å².